The zero-order valence-electron chi connectivity index (χ0n) is 16.3. The second-order valence-electron chi connectivity index (χ2n) is 6.36. The predicted molar refractivity (Wildman–Crippen MR) is 108 cm³/mol. The van der Waals surface area contributed by atoms with Gasteiger partial charge in [0, 0.05) is 12.6 Å². The van der Waals surface area contributed by atoms with Gasteiger partial charge in [0.15, 0.2) is 23.0 Å². The molecule has 2 aromatic heterocycles. The molecule has 1 atom stereocenters. The molecule has 0 radical (unpaired) electrons. The lowest BCUT2D eigenvalue weighted by Gasteiger charge is -2.25. The average molecular weight is 401 g/mol. The highest BCUT2D eigenvalue weighted by molar-refractivity contribution is 7.13. The van der Waals surface area contributed by atoms with Crippen LogP contribution in [0.15, 0.2) is 46.3 Å². The second kappa shape index (κ2) is 8.90. The largest absolute Gasteiger partial charge is 0.493 e. The van der Waals surface area contributed by atoms with E-state index in [9.17, 15) is 4.79 Å². The van der Waals surface area contributed by atoms with Gasteiger partial charge in [0.05, 0.1) is 25.1 Å². The van der Waals surface area contributed by atoms with Crippen LogP contribution in [0.5, 0.6) is 11.5 Å². The van der Waals surface area contributed by atoms with Crippen molar-refractivity contribution in [2.75, 3.05) is 34.9 Å². The van der Waals surface area contributed by atoms with Gasteiger partial charge in [-0.3, -0.25) is 4.79 Å². The highest BCUT2D eigenvalue weighted by Gasteiger charge is 2.20. The summed E-state index contributed by atoms with van der Waals surface area (Å²) in [4.78, 5) is 15.5. The van der Waals surface area contributed by atoms with Crippen LogP contribution in [0.3, 0.4) is 0 Å². The summed E-state index contributed by atoms with van der Waals surface area (Å²) in [6.45, 7) is 0.405. The Hall–Kier alpha value is -2.84. The van der Waals surface area contributed by atoms with E-state index < -0.39 is 0 Å². The van der Waals surface area contributed by atoms with Gasteiger partial charge in [-0.15, -0.1) is 11.3 Å². The van der Waals surface area contributed by atoms with Gasteiger partial charge < -0.3 is 24.2 Å². The molecule has 0 unspecified atom stereocenters. The maximum atomic E-state index is 12.5. The van der Waals surface area contributed by atoms with Crippen LogP contribution in [0.4, 0.5) is 0 Å². The summed E-state index contributed by atoms with van der Waals surface area (Å²) in [6.07, 6.45) is 0. The number of ether oxygens (including phenoxy) is 2. The lowest BCUT2D eigenvalue weighted by Crippen LogP contribution is -2.34. The first-order chi connectivity index (χ1) is 13.5. The minimum absolute atomic E-state index is 0.0487. The Morgan fingerprint density at radius 3 is 2.64 bits per heavy atom. The van der Waals surface area contributed by atoms with Gasteiger partial charge >= 0.3 is 0 Å². The summed E-state index contributed by atoms with van der Waals surface area (Å²) >= 11 is 1.53. The van der Waals surface area contributed by atoms with Crippen LogP contribution in [0.1, 0.15) is 22.1 Å². The van der Waals surface area contributed by atoms with Gasteiger partial charge in [-0.25, -0.2) is 0 Å². The molecule has 0 bridgehead atoms. The summed E-state index contributed by atoms with van der Waals surface area (Å²) in [6, 6.07) is 11.2. The highest BCUT2D eigenvalue weighted by Crippen LogP contribution is 2.31. The molecule has 0 saturated heterocycles. The Labute approximate surface area is 167 Å². The van der Waals surface area contributed by atoms with E-state index in [1.807, 2.05) is 54.7 Å². The molecule has 28 heavy (non-hydrogen) atoms. The average Bonchev–Trinajstić information content (AvgIpc) is 3.39. The number of hydrogen-bond donors (Lipinski definition) is 1. The van der Waals surface area contributed by atoms with E-state index in [1.54, 1.807) is 20.3 Å². The molecule has 1 amide bonds. The number of carbonyl (C=O) groups excluding carboxylic acids is 1. The minimum Gasteiger partial charge on any atom is -0.493 e. The van der Waals surface area contributed by atoms with E-state index in [-0.39, 0.29) is 17.6 Å². The molecule has 1 aromatic carbocycles. The zero-order valence-corrected chi connectivity index (χ0v) is 17.1. The Morgan fingerprint density at radius 2 is 2.00 bits per heavy atom. The number of likely N-dealkylation sites (N-methyl/N-ethyl adjacent to an activating group) is 1. The number of benzene rings is 1. The topological polar surface area (TPSA) is 76.8 Å². The van der Waals surface area contributed by atoms with Gasteiger partial charge in [-0.05, 0) is 43.2 Å². The molecule has 0 spiro atoms. The summed E-state index contributed by atoms with van der Waals surface area (Å²) < 4.78 is 16.0. The van der Waals surface area contributed by atoms with Crippen LogP contribution < -0.4 is 14.8 Å². The Balaban J connectivity index is 1.71. The maximum Gasteiger partial charge on any atom is 0.273 e. The summed E-state index contributed by atoms with van der Waals surface area (Å²) in [5.41, 5.74) is 1.26. The number of nitrogens with one attached hydrogen (secondary N) is 1. The van der Waals surface area contributed by atoms with Gasteiger partial charge in [-0.1, -0.05) is 17.3 Å². The standard InChI is InChI=1S/C20H23N3O4S/c1-23(2)15(13-7-8-16(25-3)17(10-13)26-4)12-21-20(24)14-11-18(27-22-14)19-6-5-9-28-19/h5-11,15H,12H2,1-4H3,(H,21,24)/t15-/m0/s1. The van der Waals surface area contributed by atoms with Gasteiger partial charge in [0.25, 0.3) is 5.91 Å². The minimum atomic E-state index is -0.279. The SMILES string of the molecule is COc1ccc([C@H](CNC(=O)c2cc(-c3cccs3)on2)N(C)C)cc1OC. The molecular formula is C20H23N3O4S. The monoisotopic (exact) mass is 401 g/mol. The van der Waals surface area contributed by atoms with Crippen LogP contribution in [0.25, 0.3) is 10.6 Å². The van der Waals surface area contributed by atoms with E-state index in [2.05, 4.69) is 10.5 Å². The molecule has 0 aliphatic rings. The first-order valence-electron chi connectivity index (χ1n) is 8.70. The fourth-order valence-corrected chi connectivity index (χ4v) is 3.53. The number of aromatic nitrogens is 1. The lowest BCUT2D eigenvalue weighted by atomic mass is 10.0. The number of methoxy groups -OCH3 is 2. The molecule has 0 aliphatic carbocycles. The smallest absolute Gasteiger partial charge is 0.273 e. The summed E-state index contributed by atoms with van der Waals surface area (Å²) in [7, 11) is 7.12. The van der Waals surface area contributed by atoms with Crippen molar-refractivity contribution in [2.24, 2.45) is 0 Å². The third-order valence-corrected chi connectivity index (χ3v) is 5.26. The fraction of sp³-hybridized carbons (Fsp3) is 0.300. The number of hydrogen-bond acceptors (Lipinski definition) is 7. The molecule has 0 fully saturated rings. The lowest BCUT2D eigenvalue weighted by molar-refractivity contribution is 0.0933. The quantitative estimate of drug-likeness (QED) is 0.623. The number of rotatable bonds is 8. The molecule has 7 nitrogen and oxygen atoms in total. The third-order valence-electron chi connectivity index (χ3n) is 4.38. The number of carbonyl (C=O) groups is 1. The third kappa shape index (κ3) is 4.35. The van der Waals surface area contributed by atoms with Crippen molar-refractivity contribution in [2.45, 2.75) is 6.04 Å². The van der Waals surface area contributed by atoms with Crippen LogP contribution in [-0.2, 0) is 0 Å². The molecule has 3 aromatic rings. The van der Waals surface area contributed by atoms with Gasteiger partial charge in [0.2, 0.25) is 0 Å². The predicted octanol–water partition coefficient (Wildman–Crippen LogP) is 3.45. The highest BCUT2D eigenvalue weighted by atomic mass is 32.1. The van der Waals surface area contributed by atoms with Crippen molar-refractivity contribution in [1.82, 2.24) is 15.4 Å². The molecular weight excluding hydrogens is 378 g/mol. The normalized spacial score (nSPS) is 12.0. The number of amides is 1. The van der Waals surface area contributed by atoms with E-state index in [0.29, 0.717) is 23.8 Å². The van der Waals surface area contributed by atoms with Gasteiger partial charge in [0.1, 0.15) is 0 Å². The molecule has 0 aliphatic heterocycles. The number of thiophene rings is 1. The molecule has 3 rings (SSSR count). The van der Waals surface area contributed by atoms with Crippen molar-refractivity contribution < 1.29 is 18.8 Å². The molecule has 148 valence electrons. The molecule has 8 heteroatoms. The van der Waals surface area contributed by atoms with E-state index in [0.717, 1.165) is 10.4 Å². The van der Waals surface area contributed by atoms with E-state index in [1.165, 1.54) is 11.3 Å². The Morgan fingerprint density at radius 1 is 1.21 bits per heavy atom. The molecule has 2 heterocycles. The van der Waals surface area contributed by atoms with Gasteiger partial charge in [-0.2, -0.15) is 0 Å². The van der Waals surface area contributed by atoms with Crippen LogP contribution in [0, 0.1) is 0 Å². The van der Waals surface area contributed by atoms with Crippen molar-refractivity contribution in [3.63, 3.8) is 0 Å². The molecule has 0 saturated carbocycles. The van der Waals surface area contributed by atoms with Crippen LogP contribution in [0.2, 0.25) is 0 Å². The summed E-state index contributed by atoms with van der Waals surface area (Å²) in [5, 5.41) is 8.77. The second-order valence-corrected chi connectivity index (χ2v) is 7.31. The maximum absolute atomic E-state index is 12.5. The van der Waals surface area contributed by atoms with Crippen molar-refractivity contribution in [3.05, 3.63) is 53.0 Å². The van der Waals surface area contributed by atoms with Crippen molar-refractivity contribution in [3.8, 4) is 22.1 Å². The van der Waals surface area contributed by atoms with Crippen LogP contribution in [-0.4, -0.2) is 50.8 Å². The Bertz CT molecular complexity index is 921. The van der Waals surface area contributed by atoms with E-state index in [4.69, 9.17) is 14.0 Å². The first-order valence-corrected chi connectivity index (χ1v) is 9.58. The zero-order chi connectivity index (χ0) is 20.1. The van der Waals surface area contributed by atoms with Crippen molar-refractivity contribution in [1.29, 1.82) is 0 Å². The number of nitrogens with zero attached hydrogens (tertiary/aromatic N) is 2. The fourth-order valence-electron chi connectivity index (χ4n) is 2.86. The first kappa shape index (κ1) is 19.9. The summed E-state index contributed by atoms with van der Waals surface area (Å²) in [5.74, 6) is 1.62. The van der Waals surface area contributed by atoms with Crippen molar-refractivity contribution >= 4 is 17.2 Å². The van der Waals surface area contributed by atoms with E-state index >= 15 is 0 Å². The molecule has 1 N–H and O–H groups in total. The van der Waals surface area contributed by atoms with Crippen LogP contribution >= 0.6 is 11.3 Å². The Kier molecular flexibility index (Phi) is 6.33.